The SMILES string of the molecule is N=C(c1ccccc1)c1cc(NS(=O)(=O)c2ccccc2)ccc1N. The summed E-state index contributed by atoms with van der Waals surface area (Å²) in [4.78, 5) is 0.173. The van der Waals surface area contributed by atoms with Gasteiger partial charge in [-0.3, -0.25) is 10.1 Å². The van der Waals surface area contributed by atoms with Gasteiger partial charge in [-0.1, -0.05) is 48.5 Å². The van der Waals surface area contributed by atoms with Crippen molar-refractivity contribution in [1.29, 1.82) is 5.41 Å². The van der Waals surface area contributed by atoms with Crippen LogP contribution in [0, 0.1) is 5.41 Å². The van der Waals surface area contributed by atoms with Crippen molar-refractivity contribution in [3.8, 4) is 0 Å². The summed E-state index contributed by atoms with van der Waals surface area (Å²) < 4.78 is 27.4. The van der Waals surface area contributed by atoms with E-state index in [2.05, 4.69) is 4.72 Å². The van der Waals surface area contributed by atoms with Crippen molar-refractivity contribution >= 4 is 27.1 Å². The molecule has 0 saturated heterocycles. The van der Waals surface area contributed by atoms with Crippen LogP contribution in [-0.4, -0.2) is 14.1 Å². The molecule has 3 aromatic carbocycles. The second-order valence-electron chi connectivity index (χ2n) is 5.46. The van der Waals surface area contributed by atoms with E-state index in [1.807, 2.05) is 30.3 Å². The van der Waals surface area contributed by atoms with Crippen molar-refractivity contribution in [3.05, 3.63) is 90.0 Å². The van der Waals surface area contributed by atoms with Crippen LogP contribution in [0.3, 0.4) is 0 Å². The Balaban J connectivity index is 1.94. The van der Waals surface area contributed by atoms with Crippen molar-refractivity contribution in [1.82, 2.24) is 0 Å². The van der Waals surface area contributed by atoms with Gasteiger partial charge in [0.15, 0.2) is 0 Å². The molecule has 0 fully saturated rings. The Labute approximate surface area is 146 Å². The number of nitrogen functional groups attached to an aromatic ring is 1. The van der Waals surface area contributed by atoms with Crippen LogP contribution in [0.15, 0.2) is 83.8 Å². The van der Waals surface area contributed by atoms with Crippen molar-refractivity contribution in [2.24, 2.45) is 0 Å². The smallest absolute Gasteiger partial charge is 0.261 e. The lowest BCUT2D eigenvalue weighted by molar-refractivity contribution is 0.601. The summed E-state index contributed by atoms with van der Waals surface area (Å²) in [6.07, 6.45) is 0. The van der Waals surface area contributed by atoms with Crippen molar-refractivity contribution < 1.29 is 8.42 Å². The van der Waals surface area contributed by atoms with Gasteiger partial charge in [0, 0.05) is 22.5 Å². The molecule has 0 heterocycles. The summed E-state index contributed by atoms with van der Waals surface area (Å²) in [5, 5.41) is 8.35. The molecule has 0 amide bonds. The lowest BCUT2D eigenvalue weighted by Gasteiger charge is -2.12. The Morgan fingerprint density at radius 3 is 2.12 bits per heavy atom. The molecule has 0 spiro atoms. The molecular weight excluding hydrogens is 334 g/mol. The van der Waals surface area contributed by atoms with Gasteiger partial charge in [0.05, 0.1) is 10.6 Å². The highest BCUT2D eigenvalue weighted by atomic mass is 32.2. The fraction of sp³-hybridized carbons (Fsp3) is 0. The van der Waals surface area contributed by atoms with E-state index in [0.717, 1.165) is 0 Å². The van der Waals surface area contributed by atoms with Gasteiger partial charge in [0.1, 0.15) is 0 Å². The van der Waals surface area contributed by atoms with Crippen LogP contribution in [-0.2, 0) is 10.0 Å². The fourth-order valence-electron chi connectivity index (χ4n) is 2.41. The third-order valence-electron chi connectivity index (χ3n) is 3.69. The molecule has 3 rings (SSSR count). The first kappa shape index (κ1) is 16.7. The second kappa shape index (κ2) is 6.78. The number of anilines is 2. The Hall–Kier alpha value is -3.12. The average Bonchev–Trinajstić information content (AvgIpc) is 2.64. The molecule has 4 N–H and O–H groups in total. The molecule has 0 aliphatic carbocycles. The number of benzene rings is 3. The third-order valence-corrected chi connectivity index (χ3v) is 5.09. The lowest BCUT2D eigenvalue weighted by atomic mass is 10.0. The average molecular weight is 351 g/mol. The zero-order chi connectivity index (χ0) is 17.9. The predicted molar refractivity (Wildman–Crippen MR) is 100 cm³/mol. The number of sulfonamides is 1. The van der Waals surface area contributed by atoms with Gasteiger partial charge in [0.2, 0.25) is 0 Å². The Morgan fingerprint density at radius 1 is 0.880 bits per heavy atom. The number of nitrogens with one attached hydrogen (secondary N) is 2. The molecule has 3 aromatic rings. The molecule has 5 nitrogen and oxygen atoms in total. The fourth-order valence-corrected chi connectivity index (χ4v) is 3.48. The monoisotopic (exact) mass is 351 g/mol. The Bertz CT molecular complexity index is 1000. The van der Waals surface area contributed by atoms with E-state index in [1.54, 1.807) is 36.4 Å². The molecule has 0 aromatic heterocycles. The minimum atomic E-state index is -3.69. The summed E-state index contributed by atoms with van der Waals surface area (Å²) >= 11 is 0. The van der Waals surface area contributed by atoms with Crippen molar-refractivity contribution in [2.75, 3.05) is 10.5 Å². The summed E-state index contributed by atoms with van der Waals surface area (Å²) in [5.74, 6) is 0. The van der Waals surface area contributed by atoms with E-state index >= 15 is 0 Å². The molecule has 0 aliphatic rings. The molecular formula is C19H17N3O2S. The summed E-state index contributed by atoms with van der Waals surface area (Å²) in [6.45, 7) is 0. The summed E-state index contributed by atoms with van der Waals surface area (Å²) in [5.41, 5.74) is 8.17. The van der Waals surface area contributed by atoms with Crippen molar-refractivity contribution in [3.63, 3.8) is 0 Å². The minimum Gasteiger partial charge on any atom is -0.398 e. The molecule has 0 saturated carbocycles. The molecule has 0 aliphatic heterocycles. The van der Waals surface area contributed by atoms with Gasteiger partial charge < -0.3 is 5.73 Å². The van der Waals surface area contributed by atoms with Crippen LogP contribution in [0.4, 0.5) is 11.4 Å². The zero-order valence-electron chi connectivity index (χ0n) is 13.3. The maximum absolute atomic E-state index is 12.4. The topological polar surface area (TPSA) is 96.0 Å². The maximum atomic E-state index is 12.4. The van der Waals surface area contributed by atoms with E-state index in [1.165, 1.54) is 12.1 Å². The highest BCUT2D eigenvalue weighted by Gasteiger charge is 2.15. The van der Waals surface area contributed by atoms with Crippen LogP contribution in [0.2, 0.25) is 0 Å². The predicted octanol–water partition coefficient (Wildman–Crippen LogP) is 3.49. The normalized spacial score (nSPS) is 11.0. The summed E-state index contributed by atoms with van der Waals surface area (Å²) in [7, 11) is -3.69. The summed E-state index contributed by atoms with van der Waals surface area (Å²) in [6, 6.07) is 22.0. The first-order valence-electron chi connectivity index (χ1n) is 7.59. The molecule has 0 unspecified atom stereocenters. The van der Waals surface area contributed by atoms with Gasteiger partial charge in [0.25, 0.3) is 10.0 Å². The highest BCUT2D eigenvalue weighted by molar-refractivity contribution is 7.92. The Morgan fingerprint density at radius 2 is 1.48 bits per heavy atom. The molecule has 0 radical (unpaired) electrons. The van der Waals surface area contributed by atoms with Gasteiger partial charge >= 0.3 is 0 Å². The molecule has 25 heavy (non-hydrogen) atoms. The molecule has 6 heteroatoms. The number of nitrogens with two attached hydrogens (primary N) is 1. The van der Waals surface area contributed by atoms with Crippen LogP contribution >= 0.6 is 0 Å². The van der Waals surface area contributed by atoms with Crippen LogP contribution < -0.4 is 10.5 Å². The third kappa shape index (κ3) is 3.70. The van der Waals surface area contributed by atoms with Crippen molar-refractivity contribution in [2.45, 2.75) is 4.90 Å². The number of rotatable bonds is 5. The highest BCUT2D eigenvalue weighted by Crippen LogP contribution is 2.23. The van der Waals surface area contributed by atoms with Crippen LogP contribution in [0.1, 0.15) is 11.1 Å². The zero-order valence-corrected chi connectivity index (χ0v) is 14.1. The van der Waals surface area contributed by atoms with E-state index < -0.39 is 10.0 Å². The van der Waals surface area contributed by atoms with Crippen LogP contribution in [0.25, 0.3) is 0 Å². The first-order chi connectivity index (χ1) is 12.0. The second-order valence-corrected chi connectivity index (χ2v) is 7.14. The van der Waals surface area contributed by atoms with Gasteiger partial charge in [-0.2, -0.15) is 0 Å². The van der Waals surface area contributed by atoms with E-state index in [9.17, 15) is 8.42 Å². The largest absolute Gasteiger partial charge is 0.398 e. The minimum absolute atomic E-state index is 0.173. The molecule has 0 bridgehead atoms. The quantitative estimate of drug-likeness (QED) is 0.485. The lowest BCUT2D eigenvalue weighted by Crippen LogP contribution is -2.14. The van der Waals surface area contributed by atoms with Gasteiger partial charge in [-0.15, -0.1) is 0 Å². The maximum Gasteiger partial charge on any atom is 0.261 e. The first-order valence-corrected chi connectivity index (χ1v) is 9.07. The Kier molecular flexibility index (Phi) is 4.54. The van der Waals surface area contributed by atoms with Gasteiger partial charge in [-0.25, -0.2) is 8.42 Å². The van der Waals surface area contributed by atoms with E-state index in [4.69, 9.17) is 11.1 Å². The van der Waals surface area contributed by atoms with Gasteiger partial charge in [-0.05, 0) is 30.3 Å². The standard InChI is InChI=1S/C19H17N3O2S/c20-18-12-11-15(22-25(23,24)16-9-5-2-6-10-16)13-17(18)19(21)14-7-3-1-4-8-14/h1-13,21-22H,20H2. The number of hydrogen-bond acceptors (Lipinski definition) is 4. The molecule has 126 valence electrons. The van der Waals surface area contributed by atoms with Crippen LogP contribution in [0.5, 0.6) is 0 Å². The molecule has 0 atom stereocenters. The number of hydrogen-bond donors (Lipinski definition) is 3. The van der Waals surface area contributed by atoms with E-state index in [0.29, 0.717) is 22.5 Å². The van der Waals surface area contributed by atoms with E-state index in [-0.39, 0.29) is 10.6 Å².